The van der Waals surface area contributed by atoms with Gasteiger partial charge in [-0.3, -0.25) is 37.3 Å². The number of hydrogen-bond acceptors (Lipinski definition) is 15. The molecule has 0 saturated heterocycles. The molecule has 0 spiro atoms. The summed E-state index contributed by atoms with van der Waals surface area (Å²) in [7, 11) is -9.91. The number of aliphatic hydroxyl groups is 1. The van der Waals surface area contributed by atoms with E-state index in [9.17, 15) is 43.2 Å². The number of esters is 4. The second-order valence-electron chi connectivity index (χ2n) is 26.5. The van der Waals surface area contributed by atoms with E-state index in [0.717, 1.165) is 128 Å². The van der Waals surface area contributed by atoms with Crippen molar-refractivity contribution in [2.45, 2.75) is 380 Å². The fourth-order valence-corrected chi connectivity index (χ4v) is 12.4. The first kappa shape index (κ1) is 90.5. The predicted molar refractivity (Wildman–Crippen MR) is 377 cm³/mol. The van der Waals surface area contributed by atoms with E-state index in [2.05, 4.69) is 58.9 Å². The van der Waals surface area contributed by atoms with Crippen LogP contribution in [0.5, 0.6) is 0 Å². The number of hydrogen-bond donors (Lipinski definition) is 3. The van der Waals surface area contributed by atoms with Gasteiger partial charge in [0, 0.05) is 25.7 Å². The normalized spacial score (nSPS) is 14.2. The highest BCUT2D eigenvalue weighted by atomic mass is 31.2. The van der Waals surface area contributed by atoms with Gasteiger partial charge < -0.3 is 33.8 Å². The van der Waals surface area contributed by atoms with E-state index in [-0.39, 0.29) is 25.7 Å². The zero-order chi connectivity index (χ0) is 68.4. The molecule has 17 nitrogen and oxygen atoms in total. The van der Waals surface area contributed by atoms with Gasteiger partial charge in [0.05, 0.1) is 26.4 Å². The molecule has 0 rings (SSSR count). The van der Waals surface area contributed by atoms with Gasteiger partial charge in [-0.15, -0.1) is 0 Å². The minimum atomic E-state index is -4.96. The Morgan fingerprint density at radius 2 is 0.581 bits per heavy atom. The lowest BCUT2D eigenvalue weighted by molar-refractivity contribution is -0.161. The molecule has 93 heavy (non-hydrogen) atoms. The van der Waals surface area contributed by atoms with E-state index in [1.165, 1.54) is 154 Å². The summed E-state index contributed by atoms with van der Waals surface area (Å²) in [5.41, 5.74) is 0. The molecule has 0 aromatic carbocycles. The zero-order valence-electron chi connectivity index (χ0n) is 59.9. The quantitative estimate of drug-likeness (QED) is 0.0169. The van der Waals surface area contributed by atoms with Crippen LogP contribution < -0.4 is 0 Å². The summed E-state index contributed by atoms with van der Waals surface area (Å²) in [5, 5.41) is 10.6. The fourth-order valence-electron chi connectivity index (χ4n) is 10.8. The van der Waals surface area contributed by atoms with Crippen molar-refractivity contribution < 1.29 is 80.2 Å². The summed E-state index contributed by atoms with van der Waals surface area (Å²) in [4.78, 5) is 72.6. The number of unbranched alkanes of at least 4 members (excludes halogenated alkanes) is 41. The van der Waals surface area contributed by atoms with E-state index >= 15 is 0 Å². The summed E-state index contributed by atoms with van der Waals surface area (Å²) in [6.07, 6.45) is 57.8. The van der Waals surface area contributed by atoms with Gasteiger partial charge in [0.25, 0.3) is 0 Å². The van der Waals surface area contributed by atoms with Crippen molar-refractivity contribution in [2.24, 2.45) is 5.92 Å². The van der Waals surface area contributed by atoms with Crippen LogP contribution in [0.25, 0.3) is 0 Å². The van der Waals surface area contributed by atoms with Crippen LogP contribution in [0.15, 0.2) is 24.3 Å². The first-order chi connectivity index (χ1) is 45.0. The predicted octanol–water partition coefficient (Wildman–Crippen LogP) is 21.2. The number of aliphatic hydroxyl groups excluding tert-OH is 1. The third kappa shape index (κ3) is 67.9. The van der Waals surface area contributed by atoms with E-state index in [4.69, 9.17) is 37.0 Å². The van der Waals surface area contributed by atoms with Crippen LogP contribution in [0.4, 0.5) is 0 Å². The van der Waals surface area contributed by atoms with Crippen LogP contribution in [0, 0.1) is 5.92 Å². The molecule has 0 aliphatic heterocycles. The zero-order valence-corrected chi connectivity index (χ0v) is 61.7. The highest BCUT2D eigenvalue weighted by Gasteiger charge is 2.30. The van der Waals surface area contributed by atoms with Crippen molar-refractivity contribution in [3.8, 4) is 0 Å². The summed E-state index contributed by atoms with van der Waals surface area (Å²) in [5.74, 6) is -1.39. The van der Waals surface area contributed by atoms with Gasteiger partial charge in [0.1, 0.15) is 19.3 Å². The molecule has 0 saturated carbocycles. The summed E-state index contributed by atoms with van der Waals surface area (Å²) >= 11 is 0. The maximum absolute atomic E-state index is 13.1. The Morgan fingerprint density at radius 3 is 0.882 bits per heavy atom. The molecule has 548 valence electrons. The van der Waals surface area contributed by atoms with Crippen LogP contribution in [0.3, 0.4) is 0 Å². The Kier molecular flexibility index (Phi) is 65.0. The Labute approximate surface area is 567 Å². The van der Waals surface area contributed by atoms with Crippen molar-refractivity contribution in [3.63, 3.8) is 0 Å². The first-order valence-electron chi connectivity index (χ1n) is 38.0. The SMILES string of the molecule is CCCCCC/C=C\C=C/CCCCCCCC(=O)OC[C@H](COP(=O)(O)OC[C@@H](O)COP(=O)(O)OC[C@@H](COC(=O)CCCCCCCCC)OC(=O)CCCCCCCCCCCCCC(C)C)OC(=O)CCCCCCCCCCCCCCCCCCC. The third-order valence-corrected chi connectivity index (χ3v) is 18.6. The fraction of sp³-hybridized carbons (Fsp3) is 0.892. The van der Waals surface area contributed by atoms with Crippen molar-refractivity contribution >= 4 is 39.5 Å². The Balaban J connectivity index is 5.23. The number of allylic oxidation sites excluding steroid dienone is 4. The second kappa shape index (κ2) is 66.8. The summed E-state index contributed by atoms with van der Waals surface area (Å²) < 4.78 is 68.3. The van der Waals surface area contributed by atoms with Crippen molar-refractivity contribution in [2.75, 3.05) is 39.6 Å². The van der Waals surface area contributed by atoms with Crippen LogP contribution >= 0.6 is 15.6 Å². The molecule has 0 heterocycles. The second-order valence-corrected chi connectivity index (χ2v) is 29.4. The Hall–Kier alpha value is -2.46. The first-order valence-corrected chi connectivity index (χ1v) is 40.9. The number of carbonyl (C=O) groups is 4. The molecule has 0 radical (unpaired) electrons. The van der Waals surface area contributed by atoms with Crippen molar-refractivity contribution in [1.82, 2.24) is 0 Å². The van der Waals surface area contributed by atoms with Crippen molar-refractivity contribution in [1.29, 1.82) is 0 Å². The number of ether oxygens (including phenoxy) is 4. The molecule has 0 fully saturated rings. The molecule has 0 amide bonds. The monoisotopic (exact) mass is 1360 g/mol. The summed E-state index contributed by atoms with van der Waals surface area (Å²) in [6.45, 7) is 7.17. The molecule has 0 aliphatic carbocycles. The molecular formula is C74H140O17P2. The standard InChI is InChI=1S/C74H140O17P2/c1-6-9-12-15-18-20-22-24-26-27-29-31-35-39-44-49-54-59-73(78)91-70(64-85-72(77)58-53-48-43-38-34-30-28-25-23-21-19-16-13-10-7-2)66-89-93(82,83)87-62-68(75)61-86-92(80,81)88-65-69(63-84-71(76)57-52-47-41-17-14-11-8-3)90-74(79)60-55-50-45-40-36-32-33-37-42-46-51-56-67(4)5/h21,23,25,28,67-70,75H,6-20,22,24,26-27,29-66H2,1-5H3,(H,80,81)(H,82,83)/b23-21-,28-25-/t68-,69+,70+/m0/s1. The van der Waals surface area contributed by atoms with E-state index in [1.807, 2.05) is 0 Å². The topological polar surface area (TPSA) is 237 Å². The average Bonchev–Trinajstić information content (AvgIpc) is 2.85. The highest BCUT2D eigenvalue weighted by Crippen LogP contribution is 2.45. The van der Waals surface area contributed by atoms with Crippen LogP contribution in [0.1, 0.15) is 362 Å². The van der Waals surface area contributed by atoms with E-state index in [1.54, 1.807) is 0 Å². The molecule has 19 heteroatoms. The molecule has 0 aliphatic rings. The van der Waals surface area contributed by atoms with Gasteiger partial charge in [0.15, 0.2) is 12.2 Å². The smallest absolute Gasteiger partial charge is 0.462 e. The molecule has 3 N–H and O–H groups in total. The maximum atomic E-state index is 13.1. The minimum Gasteiger partial charge on any atom is -0.462 e. The number of carbonyl (C=O) groups excluding carboxylic acids is 4. The molecule has 0 aromatic heterocycles. The maximum Gasteiger partial charge on any atom is 0.472 e. The van der Waals surface area contributed by atoms with Gasteiger partial charge in [0.2, 0.25) is 0 Å². The van der Waals surface area contributed by atoms with Crippen LogP contribution in [-0.4, -0.2) is 96.7 Å². The molecule has 0 aromatic rings. The van der Waals surface area contributed by atoms with E-state index in [0.29, 0.717) is 25.7 Å². The van der Waals surface area contributed by atoms with E-state index < -0.39 is 97.5 Å². The molecule has 5 atom stereocenters. The minimum absolute atomic E-state index is 0.102. The lowest BCUT2D eigenvalue weighted by Gasteiger charge is -2.21. The summed E-state index contributed by atoms with van der Waals surface area (Å²) in [6, 6.07) is 0. The Bertz CT molecular complexity index is 1880. The number of phosphoric ester groups is 2. The lowest BCUT2D eigenvalue weighted by Crippen LogP contribution is -2.30. The highest BCUT2D eigenvalue weighted by molar-refractivity contribution is 7.47. The third-order valence-electron chi connectivity index (χ3n) is 16.7. The largest absolute Gasteiger partial charge is 0.472 e. The van der Waals surface area contributed by atoms with Gasteiger partial charge in [-0.25, -0.2) is 9.13 Å². The van der Waals surface area contributed by atoms with Crippen LogP contribution in [0.2, 0.25) is 0 Å². The Morgan fingerprint density at radius 1 is 0.333 bits per heavy atom. The number of phosphoric acid groups is 2. The molecule has 0 bridgehead atoms. The molecule has 2 unspecified atom stereocenters. The van der Waals surface area contributed by atoms with Crippen LogP contribution in [-0.2, 0) is 65.4 Å². The lowest BCUT2D eigenvalue weighted by atomic mass is 10.0. The van der Waals surface area contributed by atoms with Gasteiger partial charge in [-0.2, -0.15) is 0 Å². The average molecular weight is 1360 g/mol. The molecular weight excluding hydrogens is 1220 g/mol. The van der Waals surface area contributed by atoms with Gasteiger partial charge in [-0.05, 0) is 57.3 Å². The number of rotatable bonds is 72. The van der Waals surface area contributed by atoms with Gasteiger partial charge in [-0.1, -0.05) is 309 Å². The van der Waals surface area contributed by atoms with Crippen molar-refractivity contribution in [3.05, 3.63) is 24.3 Å². The van der Waals surface area contributed by atoms with Gasteiger partial charge >= 0.3 is 39.5 Å².